The van der Waals surface area contributed by atoms with E-state index in [1.165, 1.54) is 0 Å². The number of benzene rings is 2. The van der Waals surface area contributed by atoms with Gasteiger partial charge in [0, 0.05) is 28.0 Å². The minimum Gasteiger partial charge on any atom is -0.454 e. The smallest absolute Gasteiger partial charge is 0.254 e. The summed E-state index contributed by atoms with van der Waals surface area (Å²) >= 11 is 7.63. The van der Waals surface area contributed by atoms with E-state index in [1.807, 2.05) is 44.4 Å². The van der Waals surface area contributed by atoms with Crippen molar-refractivity contribution in [3.63, 3.8) is 0 Å². The Labute approximate surface area is 215 Å². The quantitative estimate of drug-likeness (QED) is 0.357. The fraction of sp³-hybridized carbons (Fsp3) is 0.333. The van der Waals surface area contributed by atoms with E-state index in [2.05, 4.69) is 6.07 Å². The molecule has 35 heavy (non-hydrogen) atoms. The summed E-state index contributed by atoms with van der Waals surface area (Å²) in [5.74, 6) is 1.09. The molecule has 0 radical (unpaired) electrons. The number of thiophene rings is 1. The standard InChI is InChI=1S/C27H29ClN2O4S/c1-4-19(3)30(27(32)21-6-8-22(28)9-7-21)16-26(31)29(15-25-18(2)11-12-35-25)14-20-5-10-23-24(13-20)34-17-33-23/h5-13,19H,4,14-17H2,1-3H3. The number of aryl methyl sites for hydroxylation is 1. The lowest BCUT2D eigenvalue weighted by Gasteiger charge is -2.31. The summed E-state index contributed by atoms with van der Waals surface area (Å²) in [7, 11) is 0. The number of amides is 2. The fourth-order valence-electron chi connectivity index (χ4n) is 3.88. The number of halogens is 1. The first kappa shape index (κ1) is 25.1. The molecule has 1 unspecified atom stereocenters. The van der Waals surface area contributed by atoms with Crippen LogP contribution in [0, 0.1) is 6.92 Å². The van der Waals surface area contributed by atoms with Crippen LogP contribution in [-0.4, -0.2) is 41.0 Å². The van der Waals surface area contributed by atoms with Gasteiger partial charge in [-0.05, 0) is 79.2 Å². The first-order chi connectivity index (χ1) is 16.9. The third-order valence-corrected chi connectivity index (χ3v) is 7.51. The second-order valence-corrected chi connectivity index (χ2v) is 10.1. The number of hydrogen-bond donors (Lipinski definition) is 0. The molecule has 0 saturated carbocycles. The zero-order valence-electron chi connectivity index (χ0n) is 20.1. The molecule has 4 rings (SSSR count). The normalized spacial score (nSPS) is 12.9. The van der Waals surface area contributed by atoms with E-state index in [0.29, 0.717) is 35.2 Å². The number of rotatable bonds is 9. The minimum absolute atomic E-state index is 0.00849. The Hall–Kier alpha value is -3.03. The summed E-state index contributed by atoms with van der Waals surface area (Å²) < 4.78 is 10.9. The highest BCUT2D eigenvalue weighted by atomic mass is 35.5. The van der Waals surface area contributed by atoms with Gasteiger partial charge in [-0.3, -0.25) is 9.59 Å². The van der Waals surface area contributed by atoms with Gasteiger partial charge in [-0.15, -0.1) is 11.3 Å². The van der Waals surface area contributed by atoms with Gasteiger partial charge in [0.2, 0.25) is 12.7 Å². The van der Waals surface area contributed by atoms with Crippen LogP contribution in [0.4, 0.5) is 0 Å². The molecule has 0 bridgehead atoms. The van der Waals surface area contributed by atoms with Crippen LogP contribution in [0.2, 0.25) is 5.02 Å². The van der Waals surface area contributed by atoms with Crippen LogP contribution >= 0.6 is 22.9 Å². The third-order valence-electron chi connectivity index (χ3n) is 6.25. The molecular weight excluding hydrogens is 484 g/mol. The van der Waals surface area contributed by atoms with Gasteiger partial charge in [0.05, 0.1) is 6.54 Å². The second-order valence-electron chi connectivity index (χ2n) is 8.66. The van der Waals surface area contributed by atoms with Gasteiger partial charge in [-0.1, -0.05) is 24.6 Å². The first-order valence-electron chi connectivity index (χ1n) is 11.6. The van der Waals surface area contributed by atoms with Crippen molar-refractivity contribution < 1.29 is 19.1 Å². The Morgan fingerprint density at radius 2 is 1.80 bits per heavy atom. The fourth-order valence-corrected chi connectivity index (χ4v) is 4.93. The maximum atomic E-state index is 13.7. The van der Waals surface area contributed by atoms with E-state index < -0.39 is 0 Å². The lowest BCUT2D eigenvalue weighted by molar-refractivity contribution is -0.133. The Morgan fingerprint density at radius 3 is 2.49 bits per heavy atom. The Kier molecular flexibility index (Phi) is 7.98. The van der Waals surface area contributed by atoms with Crippen molar-refractivity contribution in [2.75, 3.05) is 13.3 Å². The van der Waals surface area contributed by atoms with Gasteiger partial charge < -0.3 is 19.3 Å². The highest BCUT2D eigenvalue weighted by molar-refractivity contribution is 7.10. The highest BCUT2D eigenvalue weighted by Crippen LogP contribution is 2.33. The van der Waals surface area contributed by atoms with Crippen LogP contribution in [0.1, 0.15) is 46.6 Å². The highest BCUT2D eigenvalue weighted by Gasteiger charge is 2.27. The van der Waals surface area contributed by atoms with Gasteiger partial charge in [0.15, 0.2) is 11.5 Å². The second kappa shape index (κ2) is 11.1. The monoisotopic (exact) mass is 512 g/mol. The van der Waals surface area contributed by atoms with Crippen molar-refractivity contribution >= 4 is 34.8 Å². The average molecular weight is 513 g/mol. The molecule has 0 N–H and O–H groups in total. The van der Waals surface area contributed by atoms with Crippen LogP contribution in [0.25, 0.3) is 0 Å². The number of nitrogens with zero attached hydrogens (tertiary/aromatic N) is 2. The molecule has 1 atom stereocenters. The van der Waals surface area contributed by atoms with E-state index in [4.69, 9.17) is 21.1 Å². The summed E-state index contributed by atoms with van der Waals surface area (Å²) in [6, 6.07) is 14.5. The molecule has 1 aliphatic heterocycles. The first-order valence-corrected chi connectivity index (χ1v) is 12.9. The summed E-state index contributed by atoms with van der Waals surface area (Å²) in [6.45, 7) is 7.09. The number of carbonyl (C=O) groups is 2. The molecule has 1 aliphatic rings. The Bertz CT molecular complexity index is 1190. The van der Waals surface area contributed by atoms with E-state index in [0.717, 1.165) is 22.4 Å². The third kappa shape index (κ3) is 5.97. The Balaban J connectivity index is 1.58. The SMILES string of the molecule is CCC(C)N(CC(=O)N(Cc1ccc2c(c1)OCO2)Cc1sccc1C)C(=O)c1ccc(Cl)cc1. The lowest BCUT2D eigenvalue weighted by Crippen LogP contribution is -2.46. The van der Waals surface area contributed by atoms with Crippen molar-refractivity contribution in [2.45, 2.75) is 46.3 Å². The van der Waals surface area contributed by atoms with Crippen LogP contribution in [0.15, 0.2) is 53.9 Å². The molecule has 0 spiro atoms. The molecule has 3 aromatic rings. The van der Waals surface area contributed by atoms with Gasteiger partial charge >= 0.3 is 0 Å². The van der Waals surface area contributed by atoms with Crippen LogP contribution in [-0.2, 0) is 17.9 Å². The van der Waals surface area contributed by atoms with Crippen molar-refractivity contribution in [1.29, 1.82) is 0 Å². The molecule has 184 valence electrons. The summed E-state index contributed by atoms with van der Waals surface area (Å²) in [4.78, 5) is 31.6. The van der Waals surface area contributed by atoms with Gasteiger partial charge in [-0.2, -0.15) is 0 Å². The van der Waals surface area contributed by atoms with E-state index in [9.17, 15) is 9.59 Å². The summed E-state index contributed by atoms with van der Waals surface area (Å²) in [5.41, 5.74) is 2.60. The Morgan fingerprint density at radius 1 is 1.06 bits per heavy atom. The minimum atomic E-state index is -0.181. The van der Waals surface area contributed by atoms with E-state index >= 15 is 0 Å². The largest absolute Gasteiger partial charge is 0.454 e. The molecule has 0 aliphatic carbocycles. The number of hydrogen-bond acceptors (Lipinski definition) is 5. The zero-order chi connectivity index (χ0) is 24.9. The molecule has 1 aromatic heterocycles. The molecule has 2 heterocycles. The van der Waals surface area contributed by atoms with Crippen LogP contribution in [0.5, 0.6) is 11.5 Å². The maximum absolute atomic E-state index is 13.7. The number of ether oxygens (including phenoxy) is 2. The molecule has 6 nitrogen and oxygen atoms in total. The molecule has 2 amide bonds. The molecule has 2 aromatic carbocycles. The summed E-state index contributed by atoms with van der Waals surface area (Å²) in [6.07, 6.45) is 0.735. The van der Waals surface area contributed by atoms with Gasteiger partial charge in [-0.25, -0.2) is 0 Å². The predicted molar refractivity (Wildman–Crippen MR) is 138 cm³/mol. The predicted octanol–water partition coefficient (Wildman–Crippen LogP) is 5.91. The topological polar surface area (TPSA) is 59.1 Å². The number of fused-ring (bicyclic) bond motifs is 1. The lowest BCUT2D eigenvalue weighted by atomic mass is 10.1. The van der Waals surface area contributed by atoms with Gasteiger partial charge in [0.25, 0.3) is 5.91 Å². The molecule has 0 fully saturated rings. The molecule has 8 heteroatoms. The number of carbonyl (C=O) groups excluding carboxylic acids is 2. The molecule has 0 saturated heterocycles. The van der Waals surface area contributed by atoms with Gasteiger partial charge in [0.1, 0.15) is 6.54 Å². The zero-order valence-corrected chi connectivity index (χ0v) is 21.7. The van der Waals surface area contributed by atoms with Crippen molar-refractivity contribution in [1.82, 2.24) is 9.80 Å². The van der Waals surface area contributed by atoms with Crippen LogP contribution < -0.4 is 9.47 Å². The maximum Gasteiger partial charge on any atom is 0.254 e. The summed E-state index contributed by atoms with van der Waals surface area (Å²) in [5, 5.41) is 2.59. The van der Waals surface area contributed by atoms with E-state index in [1.54, 1.807) is 45.4 Å². The van der Waals surface area contributed by atoms with Crippen molar-refractivity contribution in [3.8, 4) is 11.5 Å². The van der Waals surface area contributed by atoms with Crippen LogP contribution in [0.3, 0.4) is 0 Å². The van der Waals surface area contributed by atoms with E-state index in [-0.39, 0.29) is 31.2 Å². The van der Waals surface area contributed by atoms with Crippen molar-refractivity contribution in [2.24, 2.45) is 0 Å². The van der Waals surface area contributed by atoms with Crippen molar-refractivity contribution in [3.05, 3.63) is 80.5 Å². The average Bonchev–Trinajstić information content (AvgIpc) is 3.49. The molecular formula is C27H29ClN2O4S.